The molecule has 0 aromatic heterocycles. The van der Waals surface area contributed by atoms with Gasteiger partial charge in [0.05, 0.1) is 5.60 Å². The van der Waals surface area contributed by atoms with E-state index in [2.05, 4.69) is 20.8 Å². The molecule has 0 saturated heterocycles. The van der Waals surface area contributed by atoms with E-state index < -0.39 is 0 Å². The topological polar surface area (TPSA) is 44.5 Å². The summed E-state index contributed by atoms with van der Waals surface area (Å²) in [7, 11) is 0. The van der Waals surface area contributed by atoms with Crippen LogP contribution in [0.5, 0.6) is 0 Å². The molecular formula is C11H25NO2. The van der Waals surface area contributed by atoms with Gasteiger partial charge in [-0.25, -0.2) is 0 Å². The van der Waals surface area contributed by atoms with Crippen molar-refractivity contribution in [3.8, 4) is 0 Å². The number of rotatable bonds is 7. The highest BCUT2D eigenvalue weighted by molar-refractivity contribution is 4.75. The van der Waals surface area contributed by atoms with E-state index in [1.54, 1.807) is 0 Å². The minimum absolute atomic E-state index is 0.0473. The van der Waals surface area contributed by atoms with Crippen molar-refractivity contribution in [2.24, 2.45) is 5.73 Å². The van der Waals surface area contributed by atoms with E-state index in [1.807, 2.05) is 13.8 Å². The second-order valence-corrected chi connectivity index (χ2v) is 3.77. The van der Waals surface area contributed by atoms with Crippen LogP contribution < -0.4 is 5.73 Å². The Bertz CT molecular complexity index is 136. The molecule has 0 aromatic carbocycles. The van der Waals surface area contributed by atoms with Gasteiger partial charge >= 0.3 is 0 Å². The smallest absolute Gasteiger partial charge is 0.157 e. The fraction of sp³-hybridized carbons (Fsp3) is 1.00. The van der Waals surface area contributed by atoms with E-state index >= 15 is 0 Å². The zero-order valence-corrected chi connectivity index (χ0v) is 10.2. The molecule has 0 aliphatic rings. The molecule has 0 rings (SSSR count). The minimum Gasteiger partial charge on any atom is -0.346 e. The Morgan fingerprint density at radius 3 is 1.79 bits per heavy atom. The second kappa shape index (κ2) is 6.38. The van der Waals surface area contributed by atoms with Gasteiger partial charge in [-0.15, -0.1) is 0 Å². The summed E-state index contributed by atoms with van der Waals surface area (Å²) in [6.45, 7) is 10.1. The molecule has 3 nitrogen and oxygen atoms in total. The van der Waals surface area contributed by atoms with Gasteiger partial charge in [-0.05, 0) is 33.1 Å². The minimum atomic E-state index is -0.270. The average Bonchev–Trinajstić information content (AvgIpc) is 2.13. The van der Waals surface area contributed by atoms with Gasteiger partial charge in [0.1, 0.15) is 6.23 Å². The van der Waals surface area contributed by atoms with E-state index in [9.17, 15) is 0 Å². The van der Waals surface area contributed by atoms with Crippen LogP contribution in [0.1, 0.15) is 53.9 Å². The second-order valence-electron chi connectivity index (χ2n) is 3.77. The zero-order valence-electron chi connectivity index (χ0n) is 10.2. The van der Waals surface area contributed by atoms with Crippen molar-refractivity contribution in [3.05, 3.63) is 0 Å². The SMILES string of the molecule is CCC(CC)(CC)OC(C)OC(C)N. The van der Waals surface area contributed by atoms with E-state index in [-0.39, 0.29) is 18.1 Å². The predicted octanol–water partition coefficient (Wildman–Crippen LogP) is 2.64. The molecule has 0 saturated carbocycles. The molecule has 0 radical (unpaired) electrons. The Morgan fingerprint density at radius 2 is 1.50 bits per heavy atom. The van der Waals surface area contributed by atoms with Crippen LogP contribution in [0.25, 0.3) is 0 Å². The number of hydrogen-bond donors (Lipinski definition) is 1. The van der Waals surface area contributed by atoms with Gasteiger partial charge in [-0.1, -0.05) is 20.8 Å². The van der Waals surface area contributed by atoms with Crippen LogP contribution in [-0.4, -0.2) is 18.1 Å². The molecular weight excluding hydrogens is 178 g/mol. The van der Waals surface area contributed by atoms with Crippen molar-refractivity contribution in [2.45, 2.75) is 72.0 Å². The molecule has 0 heterocycles. The summed E-state index contributed by atoms with van der Waals surface area (Å²) < 4.78 is 11.3. The summed E-state index contributed by atoms with van der Waals surface area (Å²) in [5.74, 6) is 0. The lowest BCUT2D eigenvalue weighted by atomic mass is 9.94. The number of hydrogen-bond acceptors (Lipinski definition) is 3. The Balaban J connectivity index is 4.15. The largest absolute Gasteiger partial charge is 0.346 e. The molecule has 0 amide bonds. The summed E-state index contributed by atoms with van der Waals surface area (Å²) in [5, 5.41) is 0. The molecule has 0 fully saturated rings. The van der Waals surface area contributed by atoms with E-state index in [0.29, 0.717) is 0 Å². The third-order valence-electron chi connectivity index (χ3n) is 2.76. The number of nitrogens with two attached hydrogens (primary N) is 1. The first-order chi connectivity index (χ1) is 6.49. The standard InChI is InChI=1S/C11H25NO2/c1-6-11(7-2,8-3)14-10(5)13-9(4)12/h9-10H,6-8,12H2,1-5H3. The van der Waals surface area contributed by atoms with Crippen molar-refractivity contribution < 1.29 is 9.47 Å². The van der Waals surface area contributed by atoms with E-state index in [1.165, 1.54) is 0 Å². The van der Waals surface area contributed by atoms with Gasteiger partial charge < -0.3 is 15.2 Å². The highest BCUT2D eigenvalue weighted by atomic mass is 16.7. The van der Waals surface area contributed by atoms with Gasteiger partial charge in [0.2, 0.25) is 0 Å². The van der Waals surface area contributed by atoms with E-state index in [4.69, 9.17) is 15.2 Å². The van der Waals surface area contributed by atoms with Crippen molar-refractivity contribution in [1.29, 1.82) is 0 Å². The van der Waals surface area contributed by atoms with Gasteiger partial charge in [0, 0.05) is 0 Å². The van der Waals surface area contributed by atoms with Crippen LogP contribution in [0.2, 0.25) is 0 Å². The monoisotopic (exact) mass is 203 g/mol. The van der Waals surface area contributed by atoms with Gasteiger partial charge in [0.15, 0.2) is 6.29 Å². The Labute approximate surface area is 88.0 Å². The maximum atomic E-state index is 5.89. The van der Waals surface area contributed by atoms with Crippen LogP contribution >= 0.6 is 0 Å². The van der Waals surface area contributed by atoms with Gasteiger partial charge in [0.25, 0.3) is 0 Å². The Hall–Kier alpha value is -0.120. The Kier molecular flexibility index (Phi) is 6.33. The normalized spacial score (nSPS) is 16.7. The predicted molar refractivity (Wildman–Crippen MR) is 58.9 cm³/mol. The zero-order chi connectivity index (χ0) is 11.2. The van der Waals surface area contributed by atoms with Crippen LogP contribution in [-0.2, 0) is 9.47 Å². The first-order valence-electron chi connectivity index (χ1n) is 5.58. The summed E-state index contributed by atoms with van der Waals surface area (Å²) in [4.78, 5) is 0. The molecule has 0 bridgehead atoms. The molecule has 14 heavy (non-hydrogen) atoms. The van der Waals surface area contributed by atoms with Crippen LogP contribution in [0.4, 0.5) is 0 Å². The van der Waals surface area contributed by atoms with Crippen molar-refractivity contribution >= 4 is 0 Å². The summed E-state index contributed by atoms with van der Waals surface area (Å²) in [6.07, 6.45) is 2.52. The summed E-state index contributed by atoms with van der Waals surface area (Å²) in [6, 6.07) is 0. The fourth-order valence-electron chi connectivity index (χ4n) is 1.68. The fourth-order valence-corrected chi connectivity index (χ4v) is 1.68. The summed E-state index contributed by atoms with van der Waals surface area (Å²) >= 11 is 0. The Morgan fingerprint density at radius 1 is 1.07 bits per heavy atom. The molecule has 3 heteroatoms. The lowest BCUT2D eigenvalue weighted by Gasteiger charge is -2.34. The molecule has 0 aromatic rings. The van der Waals surface area contributed by atoms with Crippen LogP contribution in [0, 0.1) is 0 Å². The average molecular weight is 203 g/mol. The molecule has 2 unspecified atom stereocenters. The molecule has 86 valence electrons. The van der Waals surface area contributed by atoms with Crippen molar-refractivity contribution in [2.75, 3.05) is 0 Å². The van der Waals surface area contributed by atoms with Gasteiger partial charge in [-0.2, -0.15) is 0 Å². The molecule has 2 atom stereocenters. The first kappa shape index (κ1) is 13.9. The lowest BCUT2D eigenvalue weighted by molar-refractivity contribution is -0.220. The maximum Gasteiger partial charge on any atom is 0.157 e. The maximum absolute atomic E-state index is 5.89. The molecule has 0 spiro atoms. The quantitative estimate of drug-likeness (QED) is 0.647. The lowest BCUT2D eigenvalue weighted by Crippen LogP contribution is -2.37. The van der Waals surface area contributed by atoms with Crippen LogP contribution in [0.3, 0.4) is 0 Å². The van der Waals surface area contributed by atoms with Crippen molar-refractivity contribution in [3.63, 3.8) is 0 Å². The highest BCUT2D eigenvalue weighted by Gasteiger charge is 2.27. The summed E-state index contributed by atoms with van der Waals surface area (Å²) in [5.41, 5.74) is 5.49. The highest BCUT2D eigenvalue weighted by Crippen LogP contribution is 2.26. The third kappa shape index (κ3) is 4.40. The molecule has 0 aliphatic heterocycles. The van der Waals surface area contributed by atoms with Crippen LogP contribution in [0.15, 0.2) is 0 Å². The molecule has 0 aliphatic carbocycles. The van der Waals surface area contributed by atoms with E-state index in [0.717, 1.165) is 19.3 Å². The van der Waals surface area contributed by atoms with Gasteiger partial charge in [-0.3, -0.25) is 0 Å². The third-order valence-corrected chi connectivity index (χ3v) is 2.76. The first-order valence-corrected chi connectivity index (χ1v) is 5.58. The number of ether oxygens (including phenoxy) is 2. The molecule has 2 N–H and O–H groups in total. The van der Waals surface area contributed by atoms with Crippen molar-refractivity contribution in [1.82, 2.24) is 0 Å².